The monoisotopic (exact) mass is 522 g/mol. The van der Waals surface area contributed by atoms with Gasteiger partial charge in [0.2, 0.25) is 17.7 Å². The van der Waals surface area contributed by atoms with Crippen LogP contribution in [0, 0.1) is 0 Å². The van der Waals surface area contributed by atoms with Crippen LogP contribution in [-0.4, -0.2) is 77.9 Å². The maximum atomic E-state index is 13.6. The molecule has 38 heavy (non-hydrogen) atoms. The molecule has 4 atom stereocenters. The predicted octanol–water partition coefficient (Wildman–Crippen LogP) is 0.144. The predicted molar refractivity (Wildman–Crippen MR) is 139 cm³/mol. The van der Waals surface area contributed by atoms with Crippen molar-refractivity contribution in [2.24, 2.45) is 5.73 Å². The molecular formula is C27H34N6O5. The maximum absolute atomic E-state index is 13.6. The SMILES string of the molecule is COc1ccc(C[C@H](NC(=O)[C@@H]2C[C@@H](NC(=O)c3ccncc3)CCN2C(=O)[C@H]2CCCN2)C(N)=O)cc1. The highest BCUT2D eigenvalue weighted by Crippen LogP contribution is 2.22. The van der Waals surface area contributed by atoms with E-state index in [0.717, 1.165) is 18.5 Å². The molecule has 1 aromatic carbocycles. The van der Waals surface area contributed by atoms with E-state index < -0.39 is 23.9 Å². The zero-order valence-corrected chi connectivity index (χ0v) is 21.4. The average Bonchev–Trinajstić information content (AvgIpc) is 3.48. The highest BCUT2D eigenvalue weighted by Gasteiger charge is 2.40. The van der Waals surface area contributed by atoms with Crippen LogP contribution >= 0.6 is 0 Å². The highest BCUT2D eigenvalue weighted by atomic mass is 16.5. The van der Waals surface area contributed by atoms with Crippen molar-refractivity contribution in [3.8, 4) is 5.75 Å². The van der Waals surface area contributed by atoms with Gasteiger partial charge in [-0.3, -0.25) is 24.2 Å². The van der Waals surface area contributed by atoms with Crippen molar-refractivity contribution in [2.75, 3.05) is 20.2 Å². The van der Waals surface area contributed by atoms with Crippen LogP contribution in [0.5, 0.6) is 5.75 Å². The highest BCUT2D eigenvalue weighted by molar-refractivity contribution is 5.95. The number of piperidine rings is 1. The van der Waals surface area contributed by atoms with E-state index in [-0.39, 0.29) is 36.7 Å². The number of hydrogen-bond acceptors (Lipinski definition) is 7. The van der Waals surface area contributed by atoms with Gasteiger partial charge in [0.15, 0.2) is 0 Å². The van der Waals surface area contributed by atoms with Crippen molar-refractivity contribution in [3.05, 3.63) is 59.9 Å². The van der Waals surface area contributed by atoms with Crippen LogP contribution in [0.3, 0.4) is 0 Å². The Morgan fingerprint density at radius 3 is 2.50 bits per heavy atom. The number of rotatable bonds is 9. The van der Waals surface area contributed by atoms with Gasteiger partial charge >= 0.3 is 0 Å². The van der Waals surface area contributed by atoms with Gasteiger partial charge in [0, 0.05) is 37.0 Å². The molecule has 4 amide bonds. The first-order chi connectivity index (χ1) is 18.4. The molecule has 0 spiro atoms. The third-order valence-corrected chi connectivity index (χ3v) is 7.08. The zero-order valence-electron chi connectivity index (χ0n) is 21.4. The fourth-order valence-electron chi connectivity index (χ4n) is 4.96. The van der Waals surface area contributed by atoms with Gasteiger partial charge in [-0.05, 0) is 62.1 Å². The number of aromatic nitrogens is 1. The van der Waals surface area contributed by atoms with Crippen LogP contribution in [0.15, 0.2) is 48.8 Å². The number of carbonyl (C=O) groups excluding carboxylic acids is 4. The van der Waals surface area contributed by atoms with E-state index in [0.29, 0.717) is 30.7 Å². The van der Waals surface area contributed by atoms with Gasteiger partial charge in [-0.1, -0.05) is 12.1 Å². The second kappa shape index (κ2) is 12.5. The van der Waals surface area contributed by atoms with Gasteiger partial charge in [-0.25, -0.2) is 0 Å². The van der Waals surface area contributed by atoms with Crippen LogP contribution < -0.4 is 26.4 Å². The Kier molecular flexibility index (Phi) is 8.90. The molecule has 3 heterocycles. The third-order valence-electron chi connectivity index (χ3n) is 7.08. The molecular weight excluding hydrogens is 488 g/mol. The summed E-state index contributed by atoms with van der Waals surface area (Å²) < 4.78 is 5.17. The Labute approximate surface area is 221 Å². The second-order valence-corrected chi connectivity index (χ2v) is 9.64. The van der Waals surface area contributed by atoms with Gasteiger partial charge in [0.1, 0.15) is 17.8 Å². The molecule has 2 aliphatic rings. The number of methoxy groups -OCH3 is 1. The smallest absolute Gasteiger partial charge is 0.251 e. The van der Waals surface area contributed by atoms with Gasteiger partial charge in [0.05, 0.1) is 13.2 Å². The molecule has 2 fully saturated rings. The van der Waals surface area contributed by atoms with Gasteiger partial charge in [0.25, 0.3) is 5.91 Å². The third kappa shape index (κ3) is 6.65. The molecule has 0 bridgehead atoms. The lowest BCUT2D eigenvalue weighted by Gasteiger charge is -2.40. The van der Waals surface area contributed by atoms with Crippen LogP contribution in [0.4, 0.5) is 0 Å². The number of carbonyl (C=O) groups is 4. The minimum Gasteiger partial charge on any atom is -0.497 e. The van der Waals surface area contributed by atoms with Crippen molar-refractivity contribution in [1.82, 2.24) is 25.8 Å². The number of likely N-dealkylation sites (tertiary alicyclic amines) is 1. The number of nitrogens with zero attached hydrogens (tertiary/aromatic N) is 2. The Morgan fingerprint density at radius 2 is 1.87 bits per heavy atom. The minimum absolute atomic E-state index is 0.146. The first kappa shape index (κ1) is 27.1. The standard InChI is InChI=1S/C27H34N6O5/c1-38-20-6-4-17(5-7-20)15-22(24(28)34)32-26(36)23-16-19(31-25(35)18-8-12-29-13-9-18)10-14-33(23)27(37)21-3-2-11-30-21/h4-9,12-13,19,21-23,30H,2-3,10-11,14-16H2,1H3,(H2,28,34)(H,31,35)(H,32,36)/t19-,21+,22-,23-/m0/s1. The average molecular weight is 523 g/mol. The van der Waals surface area contributed by atoms with Crippen LogP contribution in [-0.2, 0) is 20.8 Å². The number of pyridine rings is 1. The van der Waals surface area contributed by atoms with Crippen molar-refractivity contribution < 1.29 is 23.9 Å². The molecule has 11 nitrogen and oxygen atoms in total. The summed E-state index contributed by atoms with van der Waals surface area (Å²) in [6.07, 6.45) is 5.57. The topological polar surface area (TPSA) is 156 Å². The van der Waals surface area contributed by atoms with E-state index in [4.69, 9.17) is 10.5 Å². The normalized spacial score (nSPS) is 21.8. The quantitative estimate of drug-likeness (QED) is 0.365. The summed E-state index contributed by atoms with van der Waals surface area (Å²) in [6, 6.07) is 7.84. The molecule has 2 aliphatic heterocycles. The largest absolute Gasteiger partial charge is 0.497 e. The molecule has 202 valence electrons. The van der Waals surface area contributed by atoms with E-state index in [1.54, 1.807) is 48.4 Å². The van der Waals surface area contributed by atoms with E-state index in [9.17, 15) is 19.2 Å². The number of hydrogen-bond donors (Lipinski definition) is 4. The summed E-state index contributed by atoms with van der Waals surface area (Å²) in [7, 11) is 1.56. The summed E-state index contributed by atoms with van der Waals surface area (Å²) in [5.74, 6) is -0.903. The first-order valence-electron chi connectivity index (χ1n) is 12.8. The molecule has 2 aromatic rings. The second-order valence-electron chi connectivity index (χ2n) is 9.64. The molecule has 2 saturated heterocycles. The fraction of sp³-hybridized carbons (Fsp3) is 0.444. The van der Waals surface area contributed by atoms with Crippen molar-refractivity contribution in [3.63, 3.8) is 0 Å². The minimum atomic E-state index is -0.968. The van der Waals surface area contributed by atoms with Crippen LogP contribution in [0.1, 0.15) is 41.6 Å². The maximum Gasteiger partial charge on any atom is 0.251 e. The Morgan fingerprint density at radius 1 is 1.13 bits per heavy atom. The molecule has 1 aromatic heterocycles. The summed E-state index contributed by atoms with van der Waals surface area (Å²) in [5, 5.41) is 8.93. The first-order valence-corrected chi connectivity index (χ1v) is 12.8. The van der Waals surface area contributed by atoms with E-state index in [1.165, 1.54) is 12.4 Å². The molecule has 0 radical (unpaired) electrons. The molecule has 11 heteroatoms. The van der Waals surface area contributed by atoms with E-state index >= 15 is 0 Å². The van der Waals surface area contributed by atoms with Crippen molar-refractivity contribution in [1.29, 1.82) is 0 Å². The lowest BCUT2D eigenvalue weighted by atomic mass is 9.94. The number of amides is 4. The number of benzene rings is 1. The summed E-state index contributed by atoms with van der Waals surface area (Å²) in [6.45, 7) is 1.05. The lowest BCUT2D eigenvalue weighted by Crippen LogP contribution is -2.61. The number of nitrogens with two attached hydrogens (primary N) is 1. The van der Waals surface area contributed by atoms with Gasteiger partial charge < -0.3 is 31.3 Å². The van der Waals surface area contributed by atoms with Gasteiger partial charge in [-0.15, -0.1) is 0 Å². The molecule has 5 N–H and O–H groups in total. The molecule has 4 rings (SSSR count). The van der Waals surface area contributed by atoms with E-state index in [2.05, 4.69) is 20.9 Å². The zero-order chi connectivity index (χ0) is 27.1. The number of nitrogens with one attached hydrogen (secondary N) is 3. The summed E-state index contributed by atoms with van der Waals surface area (Å²) in [5.41, 5.74) is 6.90. The fourth-order valence-corrected chi connectivity index (χ4v) is 4.96. The molecule has 0 saturated carbocycles. The van der Waals surface area contributed by atoms with E-state index in [1.807, 2.05) is 0 Å². The van der Waals surface area contributed by atoms with Crippen molar-refractivity contribution >= 4 is 23.6 Å². The van der Waals surface area contributed by atoms with Crippen LogP contribution in [0.25, 0.3) is 0 Å². The van der Waals surface area contributed by atoms with Gasteiger partial charge in [-0.2, -0.15) is 0 Å². The molecule has 0 aliphatic carbocycles. The lowest BCUT2D eigenvalue weighted by molar-refractivity contribution is -0.144. The molecule has 0 unspecified atom stereocenters. The Bertz CT molecular complexity index is 1140. The van der Waals surface area contributed by atoms with Crippen LogP contribution in [0.2, 0.25) is 0 Å². The Hall–Kier alpha value is -3.99. The number of ether oxygens (including phenoxy) is 1. The summed E-state index contributed by atoms with van der Waals surface area (Å²) in [4.78, 5) is 57.4. The summed E-state index contributed by atoms with van der Waals surface area (Å²) >= 11 is 0. The Balaban J connectivity index is 1.49. The number of primary amides is 1. The van der Waals surface area contributed by atoms with Crippen molar-refractivity contribution in [2.45, 2.75) is 56.3 Å².